The molecule has 106 valence electrons. The molecule has 3 rings (SSSR count). The normalized spacial score (nSPS) is 14.5. The lowest BCUT2D eigenvalue weighted by molar-refractivity contribution is 0.0946. The van der Waals surface area contributed by atoms with Gasteiger partial charge in [0.1, 0.15) is 17.8 Å². The van der Waals surface area contributed by atoms with E-state index in [4.69, 9.17) is 0 Å². The minimum atomic E-state index is -0.0734. The van der Waals surface area contributed by atoms with Crippen molar-refractivity contribution in [2.75, 3.05) is 6.54 Å². The van der Waals surface area contributed by atoms with Crippen LogP contribution in [0.4, 0.5) is 0 Å². The van der Waals surface area contributed by atoms with E-state index in [0.29, 0.717) is 24.7 Å². The van der Waals surface area contributed by atoms with Gasteiger partial charge in [-0.25, -0.2) is 0 Å². The Labute approximate surface area is 125 Å². The summed E-state index contributed by atoms with van der Waals surface area (Å²) in [5.41, 5.74) is 0.639. The Morgan fingerprint density at radius 2 is 2.35 bits per heavy atom. The lowest BCUT2D eigenvalue weighted by Crippen LogP contribution is -2.28. The van der Waals surface area contributed by atoms with Gasteiger partial charge in [0, 0.05) is 36.7 Å². The van der Waals surface area contributed by atoms with E-state index in [9.17, 15) is 4.79 Å². The monoisotopic (exact) mass is 337 g/mol. The SMILES string of the molecule is Cn1cc(Br)cc1C(=O)NCCc1nncn1C1CC1. The van der Waals surface area contributed by atoms with E-state index >= 15 is 0 Å². The zero-order chi connectivity index (χ0) is 14.1. The maximum absolute atomic E-state index is 12.0. The predicted molar refractivity (Wildman–Crippen MR) is 77.4 cm³/mol. The number of aromatic nitrogens is 4. The van der Waals surface area contributed by atoms with Crippen LogP contribution in [-0.4, -0.2) is 31.8 Å². The van der Waals surface area contributed by atoms with Crippen molar-refractivity contribution < 1.29 is 4.79 Å². The van der Waals surface area contributed by atoms with Crippen molar-refractivity contribution in [2.24, 2.45) is 7.05 Å². The van der Waals surface area contributed by atoms with E-state index in [1.54, 1.807) is 10.9 Å². The van der Waals surface area contributed by atoms with Crippen molar-refractivity contribution in [1.82, 2.24) is 24.6 Å². The van der Waals surface area contributed by atoms with Crippen molar-refractivity contribution in [1.29, 1.82) is 0 Å². The molecule has 7 heteroatoms. The van der Waals surface area contributed by atoms with Crippen molar-refractivity contribution >= 4 is 21.8 Å². The molecule has 0 unspecified atom stereocenters. The van der Waals surface area contributed by atoms with Crippen molar-refractivity contribution in [3.05, 3.63) is 34.6 Å². The summed E-state index contributed by atoms with van der Waals surface area (Å²) in [6.45, 7) is 0.563. The Balaban J connectivity index is 1.56. The molecule has 1 aliphatic rings. The van der Waals surface area contributed by atoms with Crippen LogP contribution < -0.4 is 5.32 Å². The van der Waals surface area contributed by atoms with E-state index in [1.165, 1.54) is 12.8 Å². The van der Waals surface area contributed by atoms with Crippen LogP contribution in [0, 0.1) is 0 Å². The summed E-state index contributed by atoms with van der Waals surface area (Å²) >= 11 is 3.36. The number of halogens is 1. The second kappa shape index (κ2) is 5.40. The molecular formula is C13H16BrN5O. The molecule has 0 atom stereocenters. The predicted octanol–water partition coefficient (Wildman–Crippen LogP) is 1.69. The highest BCUT2D eigenvalue weighted by molar-refractivity contribution is 9.10. The highest BCUT2D eigenvalue weighted by atomic mass is 79.9. The average molecular weight is 338 g/mol. The molecule has 1 N–H and O–H groups in total. The quantitative estimate of drug-likeness (QED) is 0.902. The van der Waals surface area contributed by atoms with Crippen molar-refractivity contribution in [2.45, 2.75) is 25.3 Å². The molecule has 1 amide bonds. The van der Waals surface area contributed by atoms with Gasteiger partial charge >= 0.3 is 0 Å². The maximum atomic E-state index is 12.0. The number of hydrogen-bond donors (Lipinski definition) is 1. The number of carbonyl (C=O) groups is 1. The Morgan fingerprint density at radius 3 is 3.00 bits per heavy atom. The lowest BCUT2D eigenvalue weighted by atomic mass is 10.3. The number of amides is 1. The molecule has 0 bridgehead atoms. The first kappa shape index (κ1) is 13.4. The van der Waals surface area contributed by atoms with E-state index in [1.807, 2.05) is 19.3 Å². The van der Waals surface area contributed by atoms with Crippen molar-refractivity contribution in [3.63, 3.8) is 0 Å². The summed E-state index contributed by atoms with van der Waals surface area (Å²) < 4.78 is 4.82. The molecule has 1 saturated carbocycles. The highest BCUT2D eigenvalue weighted by Crippen LogP contribution is 2.35. The van der Waals surface area contributed by atoms with Crippen LogP contribution >= 0.6 is 15.9 Å². The topological polar surface area (TPSA) is 64.7 Å². The molecule has 0 spiro atoms. The standard InChI is InChI=1S/C13H16BrN5O/c1-18-7-9(14)6-11(18)13(20)15-5-4-12-17-16-8-19(12)10-2-3-10/h6-8,10H,2-5H2,1H3,(H,15,20). The molecule has 0 aliphatic heterocycles. The molecule has 2 aromatic rings. The van der Waals surface area contributed by atoms with Gasteiger partial charge in [-0.2, -0.15) is 0 Å². The fraction of sp³-hybridized carbons (Fsp3) is 0.462. The van der Waals surface area contributed by atoms with Crippen LogP contribution in [-0.2, 0) is 13.5 Å². The highest BCUT2D eigenvalue weighted by Gasteiger charge is 2.25. The largest absolute Gasteiger partial charge is 0.350 e. The Hall–Kier alpha value is -1.63. The molecule has 2 aromatic heterocycles. The summed E-state index contributed by atoms with van der Waals surface area (Å²) in [4.78, 5) is 12.0. The van der Waals surface area contributed by atoms with Crippen molar-refractivity contribution in [3.8, 4) is 0 Å². The molecule has 1 fully saturated rings. The van der Waals surface area contributed by atoms with E-state index < -0.39 is 0 Å². The van der Waals surface area contributed by atoms with Crippen LogP contribution in [0.5, 0.6) is 0 Å². The number of hydrogen-bond acceptors (Lipinski definition) is 3. The fourth-order valence-corrected chi connectivity index (χ4v) is 2.76. The van der Waals surface area contributed by atoms with E-state index in [-0.39, 0.29) is 5.91 Å². The third kappa shape index (κ3) is 2.77. The van der Waals surface area contributed by atoms with Crippen LogP contribution in [0.1, 0.15) is 35.2 Å². The zero-order valence-electron chi connectivity index (χ0n) is 11.2. The number of nitrogens with one attached hydrogen (secondary N) is 1. The number of aryl methyl sites for hydroxylation is 1. The van der Waals surface area contributed by atoms with Gasteiger partial charge < -0.3 is 14.5 Å². The molecule has 2 heterocycles. The van der Waals surface area contributed by atoms with Gasteiger partial charge in [-0.1, -0.05) is 0 Å². The first-order chi connectivity index (χ1) is 9.65. The molecule has 1 aliphatic carbocycles. The average Bonchev–Trinajstić information content (AvgIpc) is 3.05. The minimum Gasteiger partial charge on any atom is -0.350 e. The van der Waals surface area contributed by atoms with Gasteiger partial charge in [0.15, 0.2) is 0 Å². The van der Waals surface area contributed by atoms with Gasteiger partial charge in [-0.05, 0) is 34.8 Å². The molecule has 6 nitrogen and oxygen atoms in total. The molecule has 0 radical (unpaired) electrons. The van der Waals surface area contributed by atoms with Gasteiger partial charge in [-0.3, -0.25) is 4.79 Å². The van der Waals surface area contributed by atoms with Crippen LogP contribution in [0.2, 0.25) is 0 Å². The molecule has 0 saturated heterocycles. The maximum Gasteiger partial charge on any atom is 0.267 e. The third-order valence-corrected chi connectivity index (χ3v) is 3.86. The second-order valence-electron chi connectivity index (χ2n) is 5.05. The number of rotatable bonds is 5. The van der Waals surface area contributed by atoms with E-state index in [0.717, 1.165) is 10.3 Å². The third-order valence-electron chi connectivity index (χ3n) is 3.43. The molecule has 20 heavy (non-hydrogen) atoms. The van der Waals surface area contributed by atoms with Crippen LogP contribution in [0.25, 0.3) is 0 Å². The number of nitrogens with zero attached hydrogens (tertiary/aromatic N) is 4. The summed E-state index contributed by atoms with van der Waals surface area (Å²) in [6.07, 6.45) is 6.75. The Morgan fingerprint density at radius 1 is 1.55 bits per heavy atom. The Kier molecular flexibility index (Phi) is 3.60. The van der Waals surface area contributed by atoms with Gasteiger partial charge in [0.25, 0.3) is 5.91 Å². The fourth-order valence-electron chi connectivity index (χ4n) is 2.23. The van der Waals surface area contributed by atoms with Gasteiger partial charge in [0.2, 0.25) is 0 Å². The van der Waals surface area contributed by atoms with Crippen LogP contribution in [0.15, 0.2) is 23.1 Å². The smallest absolute Gasteiger partial charge is 0.267 e. The zero-order valence-corrected chi connectivity index (χ0v) is 12.8. The molecule has 0 aromatic carbocycles. The number of carbonyl (C=O) groups excluding carboxylic acids is 1. The molecular weight excluding hydrogens is 322 g/mol. The van der Waals surface area contributed by atoms with Gasteiger partial charge in [-0.15, -0.1) is 10.2 Å². The lowest BCUT2D eigenvalue weighted by Gasteiger charge is -2.07. The summed E-state index contributed by atoms with van der Waals surface area (Å²) in [6, 6.07) is 2.38. The summed E-state index contributed by atoms with van der Waals surface area (Å²) in [7, 11) is 1.85. The first-order valence-corrected chi connectivity index (χ1v) is 7.43. The van der Waals surface area contributed by atoms with Crippen LogP contribution in [0.3, 0.4) is 0 Å². The Bertz CT molecular complexity index is 628. The first-order valence-electron chi connectivity index (χ1n) is 6.63. The summed E-state index contributed by atoms with van der Waals surface area (Å²) in [5, 5.41) is 11.0. The minimum absolute atomic E-state index is 0.0734. The second-order valence-corrected chi connectivity index (χ2v) is 5.96. The van der Waals surface area contributed by atoms with Gasteiger partial charge in [0.05, 0.1) is 0 Å². The van der Waals surface area contributed by atoms with E-state index in [2.05, 4.69) is 36.0 Å². The summed E-state index contributed by atoms with van der Waals surface area (Å²) in [5.74, 6) is 0.872.